The highest BCUT2D eigenvalue weighted by Crippen LogP contribution is 2.43. The van der Waals surface area contributed by atoms with Gasteiger partial charge in [0.1, 0.15) is 23.3 Å². The second-order valence-corrected chi connectivity index (χ2v) is 13.3. The van der Waals surface area contributed by atoms with Crippen molar-refractivity contribution in [3.63, 3.8) is 0 Å². The van der Waals surface area contributed by atoms with E-state index in [0.29, 0.717) is 41.4 Å². The zero-order valence-corrected chi connectivity index (χ0v) is 25.6. The standard InChI is InChI=1S/C23H21ClF2N6OS.C7H12FN/c1-31-10-3-4-11(31)9-32(8-10)21-13-7-14(24)16(17(26)18(13)29-23(30-21)33-2)12-5-6-15(25)20-19(12)28-22(27)34-20;8-6-4-7-2-1-3-9(7)5-6/h5-7,10-11H,3-4,8-9H2,1-2H3,(H2,27,28);6-7H,1-5H2. The Morgan fingerprint density at radius 3 is 2.51 bits per heavy atom. The first-order valence-electron chi connectivity index (χ1n) is 14.7. The van der Waals surface area contributed by atoms with E-state index in [0.717, 1.165) is 50.2 Å². The predicted molar refractivity (Wildman–Crippen MR) is 165 cm³/mol. The highest BCUT2D eigenvalue weighted by atomic mass is 35.5. The minimum atomic E-state index is -0.638. The Bertz CT molecular complexity index is 1680. The molecule has 4 fully saturated rings. The van der Waals surface area contributed by atoms with Crippen molar-refractivity contribution in [3.8, 4) is 17.1 Å². The number of nitrogens with zero attached hydrogens (tertiary/aromatic N) is 6. The van der Waals surface area contributed by atoms with Gasteiger partial charge in [0.15, 0.2) is 10.9 Å². The van der Waals surface area contributed by atoms with Crippen molar-refractivity contribution in [1.82, 2.24) is 24.8 Å². The van der Waals surface area contributed by atoms with Crippen LogP contribution >= 0.6 is 22.9 Å². The quantitative estimate of drug-likeness (QED) is 0.299. The first-order valence-corrected chi connectivity index (χ1v) is 15.8. The molecular formula is C30H33ClF3N7OS. The van der Waals surface area contributed by atoms with Crippen LogP contribution in [0.1, 0.15) is 32.1 Å². The molecule has 43 heavy (non-hydrogen) atoms. The van der Waals surface area contributed by atoms with Crippen LogP contribution in [0, 0.1) is 11.6 Å². The fourth-order valence-corrected chi connectivity index (χ4v) is 8.30. The van der Waals surface area contributed by atoms with Gasteiger partial charge >= 0.3 is 6.01 Å². The van der Waals surface area contributed by atoms with Crippen LogP contribution in [0.15, 0.2) is 18.2 Å². The van der Waals surface area contributed by atoms with Crippen LogP contribution in [0.5, 0.6) is 6.01 Å². The SMILES string of the molecule is COc1nc(N2CC3CCC(C2)N3C)c2cc(Cl)c(-c3ccc(F)c4sc(N)nc34)c(F)c2n1.FC1CC2CCCN2C1. The lowest BCUT2D eigenvalue weighted by atomic mass is 10.0. The van der Waals surface area contributed by atoms with Crippen molar-refractivity contribution in [2.24, 2.45) is 0 Å². The first-order chi connectivity index (χ1) is 20.7. The number of piperazine rings is 1. The molecule has 8 nitrogen and oxygen atoms in total. The fourth-order valence-electron chi connectivity index (χ4n) is 7.25. The summed E-state index contributed by atoms with van der Waals surface area (Å²) in [5.41, 5.74) is 6.62. The van der Waals surface area contributed by atoms with Gasteiger partial charge in [-0.3, -0.25) is 9.80 Å². The summed E-state index contributed by atoms with van der Waals surface area (Å²) in [6.07, 6.45) is 5.05. The molecule has 0 radical (unpaired) electrons. The number of nitrogen functional groups attached to an aromatic ring is 1. The van der Waals surface area contributed by atoms with E-state index in [9.17, 15) is 8.78 Å². The summed E-state index contributed by atoms with van der Waals surface area (Å²) >= 11 is 7.67. The summed E-state index contributed by atoms with van der Waals surface area (Å²) in [4.78, 5) is 20.0. The number of methoxy groups -OCH3 is 1. The lowest BCUT2D eigenvalue weighted by Crippen LogP contribution is -2.52. The van der Waals surface area contributed by atoms with Gasteiger partial charge < -0.3 is 15.4 Å². The van der Waals surface area contributed by atoms with Gasteiger partial charge in [-0.05, 0) is 63.9 Å². The van der Waals surface area contributed by atoms with E-state index in [1.165, 1.54) is 32.1 Å². The minimum absolute atomic E-state index is 0.0723. The van der Waals surface area contributed by atoms with E-state index >= 15 is 4.39 Å². The largest absolute Gasteiger partial charge is 0.467 e. The van der Waals surface area contributed by atoms with Crippen LogP contribution < -0.4 is 15.4 Å². The van der Waals surface area contributed by atoms with Gasteiger partial charge in [0.25, 0.3) is 0 Å². The highest BCUT2D eigenvalue weighted by molar-refractivity contribution is 7.22. The molecular weight excluding hydrogens is 599 g/mol. The third-order valence-electron chi connectivity index (χ3n) is 9.41. The molecule has 2 aromatic carbocycles. The molecule has 0 spiro atoms. The Labute approximate surface area is 256 Å². The number of ether oxygens (including phenoxy) is 1. The maximum absolute atomic E-state index is 16.1. The van der Waals surface area contributed by atoms with Crippen LogP contribution in [0.4, 0.5) is 24.1 Å². The Morgan fingerprint density at radius 2 is 1.79 bits per heavy atom. The van der Waals surface area contributed by atoms with Crippen LogP contribution in [0.2, 0.25) is 5.02 Å². The Hall–Kier alpha value is -2.93. The molecule has 2 bridgehead atoms. The Kier molecular flexibility index (Phi) is 7.51. The zero-order chi connectivity index (χ0) is 30.0. The maximum atomic E-state index is 16.1. The topological polar surface area (TPSA) is 83.6 Å². The summed E-state index contributed by atoms with van der Waals surface area (Å²) in [6.45, 7) is 3.41. The van der Waals surface area contributed by atoms with Gasteiger partial charge in [-0.15, -0.1) is 0 Å². The van der Waals surface area contributed by atoms with Gasteiger partial charge in [-0.25, -0.2) is 18.2 Å². The van der Waals surface area contributed by atoms with Gasteiger partial charge in [0, 0.05) is 54.3 Å². The van der Waals surface area contributed by atoms with Crippen molar-refractivity contribution >= 4 is 55.0 Å². The molecule has 4 unspecified atom stereocenters. The maximum Gasteiger partial charge on any atom is 0.318 e. The first kappa shape index (κ1) is 28.8. The molecule has 2 aromatic heterocycles. The van der Waals surface area contributed by atoms with Crippen LogP contribution in [0.25, 0.3) is 32.2 Å². The van der Waals surface area contributed by atoms with Crippen molar-refractivity contribution in [2.75, 3.05) is 51.0 Å². The third-order valence-corrected chi connectivity index (χ3v) is 10.6. The lowest BCUT2D eigenvalue weighted by Gasteiger charge is -2.39. The molecule has 6 heterocycles. The van der Waals surface area contributed by atoms with E-state index < -0.39 is 17.8 Å². The van der Waals surface area contributed by atoms with E-state index in [1.807, 2.05) is 0 Å². The van der Waals surface area contributed by atoms with Gasteiger partial charge in [0.05, 0.1) is 22.3 Å². The monoisotopic (exact) mass is 631 g/mol. The number of hydrogen-bond donors (Lipinski definition) is 1. The number of anilines is 2. The van der Waals surface area contributed by atoms with Crippen LogP contribution in [-0.4, -0.2) is 89.4 Å². The lowest BCUT2D eigenvalue weighted by molar-refractivity contribution is 0.212. The van der Waals surface area contributed by atoms with Gasteiger partial charge in [0.2, 0.25) is 0 Å². The number of halogens is 4. The van der Waals surface area contributed by atoms with Crippen molar-refractivity contribution < 1.29 is 17.9 Å². The number of aromatic nitrogens is 3. The summed E-state index contributed by atoms with van der Waals surface area (Å²) in [5.74, 6) is -0.511. The summed E-state index contributed by atoms with van der Waals surface area (Å²) in [5, 5.41) is 0.860. The van der Waals surface area contributed by atoms with E-state index in [-0.39, 0.29) is 37.5 Å². The second kappa shape index (κ2) is 11.2. The van der Waals surface area contributed by atoms with Crippen molar-refractivity contribution in [2.45, 2.75) is 56.4 Å². The molecule has 4 atom stereocenters. The number of likely N-dealkylation sites (N-methyl/N-ethyl adjacent to an activating group) is 1. The zero-order valence-electron chi connectivity index (χ0n) is 24.0. The molecule has 8 rings (SSSR count). The molecule has 4 aromatic rings. The molecule has 0 amide bonds. The third kappa shape index (κ3) is 5.05. The molecule has 0 aliphatic carbocycles. The highest BCUT2D eigenvalue weighted by Gasteiger charge is 2.39. The van der Waals surface area contributed by atoms with Gasteiger partial charge in [-0.1, -0.05) is 22.9 Å². The number of fused-ring (bicyclic) bond motifs is 5. The Morgan fingerprint density at radius 1 is 1.02 bits per heavy atom. The normalized spacial score (nSPS) is 25.4. The van der Waals surface area contributed by atoms with E-state index in [1.54, 1.807) is 6.07 Å². The minimum Gasteiger partial charge on any atom is -0.467 e. The summed E-state index contributed by atoms with van der Waals surface area (Å²) in [7, 11) is 3.60. The molecule has 4 aliphatic heterocycles. The van der Waals surface area contributed by atoms with E-state index in [2.05, 4.69) is 36.7 Å². The van der Waals surface area contributed by atoms with Crippen molar-refractivity contribution in [3.05, 3.63) is 34.9 Å². The molecule has 4 aliphatic rings. The van der Waals surface area contributed by atoms with Crippen LogP contribution in [-0.2, 0) is 0 Å². The van der Waals surface area contributed by atoms with Crippen molar-refractivity contribution in [1.29, 1.82) is 0 Å². The molecule has 0 saturated carbocycles. The molecule has 2 N–H and O–H groups in total. The average molecular weight is 632 g/mol. The number of hydrogen-bond acceptors (Lipinski definition) is 9. The Balaban J connectivity index is 0.000000283. The average Bonchev–Trinajstić information content (AvgIpc) is 3.71. The second-order valence-electron chi connectivity index (χ2n) is 11.9. The van der Waals surface area contributed by atoms with Gasteiger partial charge in [-0.2, -0.15) is 9.97 Å². The molecule has 228 valence electrons. The number of nitrogens with two attached hydrogens (primary N) is 1. The number of alkyl halides is 1. The summed E-state index contributed by atoms with van der Waals surface area (Å²) in [6, 6.07) is 5.91. The van der Waals surface area contributed by atoms with E-state index in [4.69, 9.17) is 22.1 Å². The predicted octanol–water partition coefficient (Wildman–Crippen LogP) is 5.90. The summed E-state index contributed by atoms with van der Waals surface area (Å²) < 4.78 is 48.7. The number of benzene rings is 2. The molecule has 4 saturated heterocycles. The molecule has 13 heteroatoms. The number of thiazole rings is 1. The number of rotatable bonds is 3. The van der Waals surface area contributed by atoms with Crippen LogP contribution in [0.3, 0.4) is 0 Å². The fraction of sp³-hybridized carbons (Fsp3) is 0.500. The smallest absolute Gasteiger partial charge is 0.318 e.